The van der Waals surface area contributed by atoms with Crippen LogP contribution in [-0.4, -0.2) is 67.6 Å². The summed E-state index contributed by atoms with van der Waals surface area (Å²) < 4.78 is 33.7. The molecule has 0 aromatic rings. The average molecular weight is 308 g/mol. The molecular weight excluding hydrogens is 280 g/mol. The van der Waals surface area contributed by atoms with Crippen molar-refractivity contribution in [3.05, 3.63) is 0 Å². The summed E-state index contributed by atoms with van der Waals surface area (Å²) in [6.07, 6.45) is 3.31. The van der Waals surface area contributed by atoms with Crippen molar-refractivity contribution in [1.29, 1.82) is 0 Å². The fraction of sp³-hybridized carbons (Fsp3) is 1.00. The van der Waals surface area contributed by atoms with E-state index in [1.165, 1.54) is 8.61 Å². The molecule has 1 rings (SSSR count). The topological polar surface area (TPSA) is 70.1 Å². The first-order chi connectivity index (χ1) is 9.48. The van der Waals surface area contributed by atoms with Gasteiger partial charge in [-0.05, 0) is 26.2 Å². The van der Waals surface area contributed by atoms with E-state index < -0.39 is 10.2 Å². The molecule has 0 radical (unpaired) electrons. The molecule has 0 amide bonds. The van der Waals surface area contributed by atoms with E-state index in [0.717, 1.165) is 25.7 Å². The van der Waals surface area contributed by atoms with Crippen molar-refractivity contribution in [2.24, 2.45) is 0 Å². The maximum absolute atomic E-state index is 12.8. The molecule has 1 saturated heterocycles. The van der Waals surface area contributed by atoms with Crippen molar-refractivity contribution in [2.75, 3.05) is 33.4 Å². The van der Waals surface area contributed by atoms with Crippen LogP contribution in [0.1, 0.15) is 39.5 Å². The van der Waals surface area contributed by atoms with E-state index in [1.807, 2.05) is 13.8 Å². The summed E-state index contributed by atoms with van der Waals surface area (Å²) >= 11 is 0. The Bertz CT molecular complexity index is 375. The number of hydrogen-bond donors (Lipinski definition) is 1. The van der Waals surface area contributed by atoms with Gasteiger partial charge in [0.05, 0.1) is 13.2 Å². The van der Waals surface area contributed by atoms with Gasteiger partial charge in [0, 0.05) is 32.3 Å². The molecular formula is C13H28N2O4S. The molecule has 1 aliphatic rings. The minimum absolute atomic E-state index is 0.0728. The number of methoxy groups -OCH3 is 1. The van der Waals surface area contributed by atoms with Crippen molar-refractivity contribution in [2.45, 2.75) is 51.6 Å². The Balaban J connectivity index is 2.95. The third-order valence-corrected chi connectivity index (χ3v) is 6.18. The van der Waals surface area contributed by atoms with Crippen molar-refractivity contribution in [3.63, 3.8) is 0 Å². The van der Waals surface area contributed by atoms with Gasteiger partial charge in [-0.2, -0.15) is 17.0 Å². The zero-order valence-electron chi connectivity index (χ0n) is 12.8. The van der Waals surface area contributed by atoms with Gasteiger partial charge in [-0.3, -0.25) is 0 Å². The van der Waals surface area contributed by atoms with Crippen LogP contribution in [0.25, 0.3) is 0 Å². The molecule has 1 heterocycles. The molecule has 0 spiro atoms. The zero-order chi connectivity index (χ0) is 15.2. The van der Waals surface area contributed by atoms with E-state index >= 15 is 0 Å². The van der Waals surface area contributed by atoms with Gasteiger partial charge in [-0.1, -0.05) is 13.3 Å². The number of piperidine rings is 1. The van der Waals surface area contributed by atoms with E-state index in [-0.39, 0.29) is 18.7 Å². The second kappa shape index (κ2) is 8.29. The van der Waals surface area contributed by atoms with Crippen molar-refractivity contribution in [1.82, 2.24) is 8.61 Å². The Kier molecular flexibility index (Phi) is 7.39. The van der Waals surface area contributed by atoms with Gasteiger partial charge in [-0.25, -0.2) is 0 Å². The SMILES string of the molecule is CCC(C)N(CCOC)S(=O)(=O)N1CCCCC1CO. The van der Waals surface area contributed by atoms with E-state index in [0.29, 0.717) is 19.7 Å². The van der Waals surface area contributed by atoms with E-state index in [2.05, 4.69) is 0 Å². The molecule has 0 aromatic heterocycles. The molecule has 1 fully saturated rings. The monoisotopic (exact) mass is 308 g/mol. The first-order valence-electron chi connectivity index (χ1n) is 7.37. The highest BCUT2D eigenvalue weighted by Gasteiger charge is 2.37. The molecule has 0 saturated carbocycles. The fourth-order valence-electron chi connectivity index (χ4n) is 2.54. The number of aliphatic hydroxyl groups is 1. The predicted molar refractivity (Wildman–Crippen MR) is 78.7 cm³/mol. The quantitative estimate of drug-likeness (QED) is 0.721. The first-order valence-corrected chi connectivity index (χ1v) is 8.77. The minimum atomic E-state index is -3.54. The highest BCUT2D eigenvalue weighted by Crippen LogP contribution is 2.24. The predicted octanol–water partition coefficient (Wildman–Crippen LogP) is 0.825. The molecule has 1 N–H and O–H groups in total. The molecule has 120 valence electrons. The maximum Gasteiger partial charge on any atom is 0.282 e. The zero-order valence-corrected chi connectivity index (χ0v) is 13.6. The summed E-state index contributed by atoms with van der Waals surface area (Å²) in [5.74, 6) is 0. The van der Waals surface area contributed by atoms with Crippen LogP contribution in [0.2, 0.25) is 0 Å². The van der Waals surface area contributed by atoms with E-state index in [4.69, 9.17) is 4.74 Å². The maximum atomic E-state index is 12.8. The van der Waals surface area contributed by atoms with Gasteiger partial charge in [-0.15, -0.1) is 0 Å². The summed E-state index contributed by atoms with van der Waals surface area (Å²) in [4.78, 5) is 0. The van der Waals surface area contributed by atoms with Crippen LogP contribution in [0.15, 0.2) is 0 Å². The van der Waals surface area contributed by atoms with Crippen molar-refractivity contribution >= 4 is 10.2 Å². The Morgan fingerprint density at radius 3 is 2.70 bits per heavy atom. The van der Waals surface area contributed by atoms with Gasteiger partial charge >= 0.3 is 0 Å². The molecule has 0 bridgehead atoms. The van der Waals surface area contributed by atoms with Gasteiger partial charge in [0.15, 0.2) is 0 Å². The summed E-state index contributed by atoms with van der Waals surface area (Å²) in [5, 5.41) is 9.43. The highest BCUT2D eigenvalue weighted by molar-refractivity contribution is 7.86. The Morgan fingerprint density at radius 2 is 2.15 bits per heavy atom. The molecule has 6 nitrogen and oxygen atoms in total. The Morgan fingerprint density at radius 1 is 1.45 bits per heavy atom. The first kappa shape index (κ1) is 17.8. The average Bonchev–Trinajstić information content (AvgIpc) is 2.46. The van der Waals surface area contributed by atoms with Crippen LogP contribution in [0.4, 0.5) is 0 Å². The molecule has 1 aliphatic heterocycles. The lowest BCUT2D eigenvalue weighted by molar-refractivity contribution is 0.133. The van der Waals surface area contributed by atoms with Crippen LogP contribution in [-0.2, 0) is 14.9 Å². The van der Waals surface area contributed by atoms with Crippen LogP contribution in [0.5, 0.6) is 0 Å². The highest BCUT2D eigenvalue weighted by atomic mass is 32.2. The lowest BCUT2D eigenvalue weighted by atomic mass is 10.1. The van der Waals surface area contributed by atoms with Gasteiger partial charge in [0.25, 0.3) is 10.2 Å². The summed E-state index contributed by atoms with van der Waals surface area (Å²) in [6.45, 7) is 4.99. The number of hydrogen-bond acceptors (Lipinski definition) is 4. The molecule has 2 atom stereocenters. The summed E-state index contributed by atoms with van der Waals surface area (Å²) in [6, 6.07) is -0.362. The van der Waals surface area contributed by atoms with E-state index in [9.17, 15) is 13.5 Å². The third kappa shape index (κ3) is 4.14. The van der Waals surface area contributed by atoms with Crippen molar-refractivity contribution < 1.29 is 18.3 Å². The Labute approximate surface area is 122 Å². The van der Waals surface area contributed by atoms with Gasteiger partial charge < -0.3 is 9.84 Å². The van der Waals surface area contributed by atoms with E-state index in [1.54, 1.807) is 7.11 Å². The van der Waals surface area contributed by atoms with Crippen LogP contribution >= 0.6 is 0 Å². The number of ether oxygens (including phenoxy) is 1. The van der Waals surface area contributed by atoms with Crippen LogP contribution in [0.3, 0.4) is 0 Å². The summed E-state index contributed by atoms with van der Waals surface area (Å²) in [5.41, 5.74) is 0. The number of rotatable bonds is 8. The molecule has 7 heteroatoms. The lowest BCUT2D eigenvalue weighted by Crippen LogP contribution is -2.54. The molecule has 0 aromatic carbocycles. The minimum Gasteiger partial charge on any atom is -0.395 e. The number of nitrogens with zero attached hydrogens (tertiary/aromatic N) is 2. The fourth-order valence-corrected chi connectivity index (χ4v) is 4.63. The lowest BCUT2D eigenvalue weighted by Gasteiger charge is -2.39. The van der Waals surface area contributed by atoms with Crippen LogP contribution in [0, 0.1) is 0 Å². The second-order valence-electron chi connectivity index (χ2n) is 5.31. The molecule has 20 heavy (non-hydrogen) atoms. The summed E-state index contributed by atoms with van der Waals surface area (Å²) in [7, 11) is -1.97. The Hall–Kier alpha value is -0.210. The second-order valence-corrected chi connectivity index (χ2v) is 7.15. The molecule has 2 unspecified atom stereocenters. The smallest absolute Gasteiger partial charge is 0.282 e. The van der Waals surface area contributed by atoms with Gasteiger partial charge in [0.1, 0.15) is 0 Å². The third-order valence-electron chi connectivity index (χ3n) is 3.97. The standard InChI is InChI=1S/C13H28N2O4S/c1-4-12(2)14(9-10-19-3)20(17,18)15-8-6-5-7-13(15)11-16/h12-13,16H,4-11H2,1-3H3. The molecule has 0 aliphatic carbocycles. The van der Waals surface area contributed by atoms with Crippen LogP contribution < -0.4 is 0 Å². The largest absolute Gasteiger partial charge is 0.395 e. The van der Waals surface area contributed by atoms with Gasteiger partial charge in [0.2, 0.25) is 0 Å². The van der Waals surface area contributed by atoms with Crippen molar-refractivity contribution in [3.8, 4) is 0 Å². The number of aliphatic hydroxyl groups excluding tert-OH is 1. The normalized spacial score (nSPS) is 23.1.